The second-order valence-corrected chi connectivity index (χ2v) is 9.41. The van der Waals surface area contributed by atoms with E-state index in [1.54, 1.807) is 43.0 Å². The number of rotatable bonds is 11. The fourth-order valence-electron chi connectivity index (χ4n) is 3.23. The van der Waals surface area contributed by atoms with Gasteiger partial charge in [-0.3, -0.25) is 4.79 Å². The van der Waals surface area contributed by atoms with Crippen molar-refractivity contribution in [2.45, 2.75) is 29.2 Å². The van der Waals surface area contributed by atoms with Crippen molar-refractivity contribution in [2.24, 2.45) is 5.92 Å². The molecule has 0 fully saturated rings. The number of aliphatic hydroxyl groups is 1. The number of nitrogens with zero attached hydrogens (tertiary/aromatic N) is 1. The Morgan fingerprint density at radius 2 is 1.78 bits per heavy atom. The number of carboxylic acids is 1. The van der Waals surface area contributed by atoms with E-state index in [-0.39, 0.29) is 17.7 Å². The average molecular weight is 480 g/mol. The van der Waals surface area contributed by atoms with Crippen molar-refractivity contribution in [1.82, 2.24) is 4.98 Å². The first-order valence-corrected chi connectivity index (χ1v) is 11.7. The molecule has 9 heteroatoms. The van der Waals surface area contributed by atoms with Crippen LogP contribution in [0.5, 0.6) is 5.75 Å². The summed E-state index contributed by atoms with van der Waals surface area (Å²) in [4.78, 5) is 15.7. The maximum atomic E-state index is 14.9. The highest BCUT2D eigenvalue weighted by molar-refractivity contribution is 8.01. The molecular weight excluding hydrogens is 456 g/mol. The molecule has 3 rings (SSSR count). The van der Waals surface area contributed by atoms with Crippen LogP contribution in [-0.2, 0) is 10.7 Å². The Bertz CT molecular complexity index is 996. The van der Waals surface area contributed by atoms with Crippen LogP contribution in [0.25, 0.3) is 11.1 Å². The van der Waals surface area contributed by atoms with E-state index >= 15 is 0 Å². The molecule has 170 valence electrons. The minimum absolute atomic E-state index is 0.194. The first-order chi connectivity index (χ1) is 15.3. The molecule has 0 aliphatic rings. The monoisotopic (exact) mass is 479 g/mol. The Hall–Kier alpha value is -2.49. The van der Waals surface area contributed by atoms with Crippen LogP contribution < -0.4 is 4.74 Å². The van der Waals surface area contributed by atoms with Gasteiger partial charge in [-0.25, -0.2) is 13.8 Å². The fourth-order valence-corrected chi connectivity index (χ4v) is 4.84. The van der Waals surface area contributed by atoms with Crippen molar-refractivity contribution >= 4 is 29.1 Å². The van der Waals surface area contributed by atoms with Crippen LogP contribution >= 0.6 is 23.1 Å². The highest BCUT2D eigenvalue weighted by Crippen LogP contribution is 2.37. The molecule has 0 aliphatic carbocycles. The van der Waals surface area contributed by atoms with Gasteiger partial charge in [-0.2, -0.15) is 0 Å². The highest BCUT2D eigenvalue weighted by atomic mass is 32.2. The number of thioether (sulfide) groups is 1. The molecule has 2 aromatic carbocycles. The van der Waals surface area contributed by atoms with Crippen LogP contribution in [-0.4, -0.2) is 40.1 Å². The number of carbonyl (C=O) groups is 1. The van der Waals surface area contributed by atoms with Crippen LogP contribution in [0.1, 0.15) is 18.4 Å². The van der Waals surface area contributed by atoms with Crippen molar-refractivity contribution in [2.75, 3.05) is 12.9 Å². The van der Waals surface area contributed by atoms with E-state index in [1.165, 1.54) is 35.2 Å². The molecule has 3 aromatic rings. The van der Waals surface area contributed by atoms with Crippen LogP contribution in [0.2, 0.25) is 0 Å². The van der Waals surface area contributed by atoms with Crippen molar-refractivity contribution < 1.29 is 28.5 Å². The molecule has 2 atom stereocenters. The van der Waals surface area contributed by atoms with Gasteiger partial charge in [0.25, 0.3) is 5.92 Å². The van der Waals surface area contributed by atoms with Gasteiger partial charge >= 0.3 is 5.97 Å². The molecule has 2 unspecified atom stereocenters. The first kappa shape index (κ1) is 24.2. The summed E-state index contributed by atoms with van der Waals surface area (Å²) in [7, 11) is 1.56. The molecule has 1 aromatic heterocycles. The Morgan fingerprint density at radius 3 is 2.31 bits per heavy atom. The Balaban J connectivity index is 1.64. The zero-order valence-electron chi connectivity index (χ0n) is 17.3. The summed E-state index contributed by atoms with van der Waals surface area (Å²) < 4.78 is 35.6. The Labute approximate surface area is 193 Å². The summed E-state index contributed by atoms with van der Waals surface area (Å²) in [5.74, 6) is -5.18. The minimum atomic E-state index is -3.34. The smallest absolute Gasteiger partial charge is 0.306 e. The van der Waals surface area contributed by atoms with Crippen molar-refractivity contribution in [3.8, 4) is 16.9 Å². The molecule has 0 aliphatic heterocycles. The lowest BCUT2D eigenvalue weighted by molar-refractivity contribution is -0.147. The molecule has 0 saturated heterocycles. The largest absolute Gasteiger partial charge is 0.497 e. The summed E-state index contributed by atoms with van der Waals surface area (Å²) in [6.45, 7) is 0. The second kappa shape index (κ2) is 10.9. The van der Waals surface area contributed by atoms with Crippen molar-refractivity contribution in [3.05, 3.63) is 65.7 Å². The summed E-state index contributed by atoms with van der Waals surface area (Å²) >= 11 is 2.67. The van der Waals surface area contributed by atoms with Gasteiger partial charge in [0.15, 0.2) is 0 Å². The van der Waals surface area contributed by atoms with Crippen LogP contribution in [0, 0.1) is 5.92 Å². The minimum Gasteiger partial charge on any atom is -0.497 e. The lowest BCUT2D eigenvalue weighted by Crippen LogP contribution is -2.28. The van der Waals surface area contributed by atoms with E-state index in [4.69, 9.17) is 4.74 Å². The number of carboxylic acid groups (broad SMARTS) is 1. The van der Waals surface area contributed by atoms with E-state index in [1.807, 2.05) is 12.1 Å². The summed E-state index contributed by atoms with van der Waals surface area (Å²) in [6, 6.07) is 13.0. The number of benzene rings is 2. The van der Waals surface area contributed by atoms with Gasteiger partial charge in [0, 0.05) is 29.3 Å². The van der Waals surface area contributed by atoms with Gasteiger partial charge < -0.3 is 14.9 Å². The molecule has 0 radical (unpaired) electrons. The lowest BCUT2D eigenvalue weighted by Gasteiger charge is -2.23. The third kappa shape index (κ3) is 6.51. The topological polar surface area (TPSA) is 79.7 Å². The number of halogens is 2. The molecular formula is C23H23F2NO4S2. The van der Waals surface area contributed by atoms with Gasteiger partial charge in [-0.1, -0.05) is 48.2 Å². The number of aliphatic carboxylic acids is 1. The number of hydrogen-bond donors (Lipinski definition) is 2. The number of hydrogen-bond acceptors (Lipinski definition) is 6. The van der Waals surface area contributed by atoms with Gasteiger partial charge in [-0.15, -0.1) is 11.3 Å². The zero-order valence-corrected chi connectivity index (χ0v) is 18.9. The van der Waals surface area contributed by atoms with Gasteiger partial charge in [0.05, 0.1) is 19.1 Å². The summed E-state index contributed by atoms with van der Waals surface area (Å²) in [5.41, 5.74) is 1.36. The molecule has 0 bridgehead atoms. The number of aromatic nitrogens is 1. The standard InChI is InChI=1S/C23H23F2NO4S2/c1-30-20-8-4-16(5-9-20)15-2-6-18(7-3-15)23(24,25)13-17(21(28)29)12-19(27)14-32-22-26-10-11-31-22/h2-11,17,19,27H,12-14H2,1H3,(H,28,29). The van der Waals surface area contributed by atoms with Crippen molar-refractivity contribution in [3.63, 3.8) is 0 Å². The Morgan fingerprint density at radius 1 is 1.16 bits per heavy atom. The summed E-state index contributed by atoms with van der Waals surface area (Å²) in [5, 5.41) is 21.4. The quantitative estimate of drug-likeness (QED) is 0.351. The SMILES string of the molecule is COc1ccc(-c2ccc(C(F)(F)CC(CC(O)CSc3nccs3)C(=O)O)cc2)cc1. The van der Waals surface area contributed by atoms with E-state index in [2.05, 4.69) is 4.98 Å². The predicted octanol–water partition coefficient (Wildman–Crippen LogP) is 5.54. The number of methoxy groups -OCH3 is 1. The molecule has 0 spiro atoms. The maximum Gasteiger partial charge on any atom is 0.306 e. The van der Waals surface area contributed by atoms with E-state index in [0.717, 1.165) is 15.5 Å². The lowest BCUT2D eigenvalue weighted by atomic mass is 9.91. The van der Waals surface area contributed by atoms with E-state index in [9.17, 15) is 23.8 Å². The predicted molar refractivity (Wildman–Crippen MR) is 122 cm³/mol. The zero-order chi connectivity index (χ0) is 23.1. The Kier molecular flexibility index (Phi) is 8.22. The third-order valence-electron chi connectivity index (χ3n) is 4.95. The fraction of sp³-hybridized carbons (Fsp3) is 0.304. The van der Waals surface area contributed by atoms with Gasteiger partial charge in [0.1, 0.15) is 10.1 Å². The normalized spacial score (nSPS) is 13.5. The van der Waals surface area contributed by atoms with Gasteiger partial charge in [0.2, 0.25) is 0 Å². The van der Waals surface area contributed by atoms with Gasteiger partial charge in [-0.05, 0) is 29.7 Å². The molecule has 2 N–H and O–H groups in total. The molecule has 1 heterocycles. The number of ether oxygens (including phenoxy) is 1. The first-order valence-electron chi connectivity index (χ1n) is 9.84. The third-order valence-corrected chi connectivity index (χ3v) is 7.06. The maximum absolute atomic E-state index is 14.9. The second-order valence-electron chi connectivity index (χ2n) is 7.25. The summed E-state index contributed by atoms with van der Waals surface area (Å²) in [6.07, 6.45) is -0.547. The van der Waals surface area contributed by atoms with E-state index in [0.29, 0.717) is 5.75 Å². The van der Waals surface area contributed by atoms with Crippen LogP contribution in [0.15, 0.2) is 64.4 Å². The van der Waals surface area contributed by atoms with E-state index < -0.39 is 30.3 Å². The number of thiazole rings is 1. The van der Waals surface area contributed by atoms with Crippen LogP contribution in [0.3, 0.4) is 0 Å². The molecule has 0 saturated carbocycles. The molecule has 5 nitrogen and oxygen atoms in total. The number of alkyl halides is 2. The number of aliphatic hydroxyl groups excluding tert-OH is 1. The average Bonchev–Trinajstić information content (AvgIpc) is 3.31. The molecule has 32 heavy (non-hydrogen) atoms. The highest BCUT2D eigenvalue weighted by Gasteiger charge is 2.38. The van der Waals surface area contributed by atoms with Crippen molar-refractivity contribution in [1.29, 1.82) is 0 Å². The van der Waals surface area contributed by atoms with Crippen LogP contribution in [0.4, 0.5) is 8.78 Å². The molecule has 0 amide bonds.